The van der Waals surface area contributed by atoms with E-state index in [4.69, 9.17) is 4.74 Å². The number of carbonyl (C=O) groups is 1. The number of hydrogen-bond donors (Lipinski definition) is 0. The number of ether oxygens (including phenoxy) is 1. The fourth-order valence-electron chi connectivity index (χ4n) is 3.34. The standard InChI is InChI=1S/C19H24N2O4S2/c1-14-11-15(2)19(16(3)12-14)25-13-17(22)20-6-8-21(9-7-20)27(23,24)18-5-4-10-26-18/h4-5,10-12H,6-9,13H2,1-3H3. The zero-order chi connectivity index (χ0) is 19.6. The molecular weight excluding hydrogens is 384 g/mol. The number of amides is 1. The van der Waals surface area contributed by atoms with Gasteiger partial charge in [0, 0.05) is 26.2 Å². The van der Waals surface area contributed by atoms with Crippen LogP contribution in [-0.2, 0) is 14.8 Å². The van der Waals surface area contributed by atoms with Crippen molar-refractivity contribution >= 4 is 27.3 Å². The van der Waals surface area contributed by atoms with Gasteiger partial charge in [-0.15, -0.1) is 11.3 Å². The zero-order valence-corrected chi connectivity index (χ0v) is 17.4. The van der Waals surface area contributed by atoms with Crippen molar-refractivity contribution in [3.8, 4) is 5.75 Å². The van der Waals surface area contributed by atoms with Gasteiger partial charge in [-0.25, -0.2) is 8.42 Å². The van der Waals surface area contributed by atoms with Crippen molar-refractivity contribution in [3.63, 3.8) is 0 Å². The van der Waals surface area contributed by atoms with Gasteiger partial charge in [-0.2, -0.15) is 4.31 Å². The lowest BCUT2D eigenvalue weighted by Crippen LogP contribution is -2.51. The maximum Gasteiger partial charge on any atom is 0.260 e. The Morgan fingerprint density at radius 2 is 1.74 bits per heavy atom. The second-order valence-corrected chi connectivity index (χ2v) is 9.85. The average Bonchev–Trinajstić information content (AvgIpc) is 3.16. The maximum absolute atomic E-state index is 12.5. The summed E-state index contributed by atoms with van der Waals surface area (Å²) in [6, 6.07) is 7.39. The van der Waals surface area contributed by atoms with Gasteiger partial charge in [0.05, 0.1) is 0 Å². The second-order valence-electron chi connectivity index (χ2n) is 6.73. The lowest BCUT2D eigenvalue weighted by Gasteiger charge is -2.33. The van der Waals surface area contributed by atoms with E-state index in [0.717, 1.165) is 22.4 Å². The topological polar surface area (TPSA) is 66.9 Å². The molecular formula is C19H24N2O4S2. The summed E-state index contributed by atoms with van der Waals surface area (Å²) in [5, 5.41) is 1.75. The molecule has 1 aliphatic heterocycles. The fourth-order valence-corrected chi connectivity index (χ4v) is 5.90. The number of benzene rings is 1. The molecule has 0 bridgehead atoms. The molecule has 0 saturated carbocycles. The molecule has 27 heavy (non-hydrogen) atoms. The van der Waals surface area contributed by atoms with E-state index in [-0.39, 0.29) is 12.5 Å². The minimum atomic E-state index is -3.46. The fraction of sp³-hybridized carbons (Fsp3) is 0.421. The van der Waals surface area contributed by atoms with Gasteiger partial charge in [-0.1, -0.05) is 23.8 Å². The lowest BCUT2D eigenvalue weighted by atomic mass is 10.1. The molecule has 1 amide bonds. The SMILES string of the molecule is Cc1cc(C)c(OCC(=O)N2CCN(S(=O)(=O)c3cccs3)CC2)c(C)c1. The monoisotopic (exact) mass is 408 g/mol. The Bertz CT molecular complexity index is 892. The molecule has 0 radical (unpaired) electrons. The number of thiophene rings is 1. The predicted octanol–water partition coefficient (Wildman–Crippen LogP) is 2.59. The zero-order valence-electron chi connectivity index (χ0n) is 15.8. The van der Waals surface area contributed by atoms with Crippen molar-refractivity contribution in [3.05, 3.63) is 46.3 Å². The Morgan fingerprint density at radius 1 is 1.11 bits per heavy atom. The third-order valence-electron chi connectivity index (χ3n) is 4.63. The predicted molar refractivity (Wildman–Crippen MR) is 106 cm³/mol. The molecule has 0 aliphatic carbocycles. The van der Waals surface area contributed by atoms with Crippen molar-refractivity contribution in [2.75, 3.05) is 32.8 Å². The van der Waals surface area contributed by atoms with Crippen molar-refractivity contribution < 1.29 is 17.9 Å². The molecule has 3 rings (SSSR count). The number of piperazine rings is 1. The van der Waals surface area contributed by atoms with Crippen LogP contribution in [0.5, 0.6) is 5.75 Å². The Kier molecular flexibility index (Phi) is 5.88. The Hall–Kier alpha value is -1.90. The van der Waals surface area contributed by atoms with Gasteiger partial charge in [0.15, 0.2) is 6.61 Å². The smallest absolute Gasteiger partial charge is 0.260 e. The molecule has 0 atom stereocenters. The van der Waals surface area contributed by atoms with Crippen LogP contribution in [0.1, 0.15) is 16.7 Å². The molecule has 146 valence electrons. The lowest BCUT2D eigenvalue weighted by molar-refractivity contribution is -0.134. The third-order valence-corrected chi connectivity index (χ3v) is 7.90. The summed E-state index contributed by atoms with van der Waals surface area (Å²) in [6.45, 7) is 7.27. The van der Waals surface area contributed by atoms with Crippen LogP contribution in [0.3, 0.4) is 0 Å². The largest absolute Gasteiger partial charge is 0.483 e. The number of rotatable bonds is 5. The van der Waals surface area contributed by atoms with E-state index in [0.29, 0.717) is 30.4 Å². The first-order valence-electron chi connectivity index (χ1n) is 8.81. The van der Waals surface area contributed by atoms with Crippen LogP contribution in [0.15, 0.2) is 33.9 Å². The van der Waals surface area contributed by atoms with Crippen LogP contribution >= 0.6 is 11.3 Å². The highest BCUT2D eigenvalue weighted by atomic mass is 32.2. The molecule has 1 fully saturated rings. The summed E-state index contributed by atoms with van der Waals surface area (Å²) < 4.78 is 32.6. The van der Waals surface area contributed by atoms with Crippen LogP contribution in [0.25, 0.3) is 0 Å². The van der Waals surface area contributed by atoms with E-state index < -0.39 is 10.0 Å². The first-order valence-corrected chi connectivity index (χ1v) is 11.1. The van der Waals surface area contributed by atoms with Gasteiger partial charge in [-0.05, 0) is 43.3 Å². The van der Waals surface area contributed by atoms with Crippen LogP contribution in [0.2, 0.25) is 0 Å². The highest BCUT2D eigenvalue weighted by Gasteiger charge is 2.30. The first-order chi connectivity index (χ1) is 12.8. The van der Waals surface area contributed by atoms with Crippen molar-refractivity contribution in [1.29, 1.82) is 0 Å². The molecule has 1 aliphatic rings. The molecule has 6 nitrogen and oxygen atoms in total. The van der Waals surface area contributed by atoms with E-state index in [1.807, 2.05) is 32.9 Å². The van der Waals surface area contributed by atoms with E-state index in [9.17, 15) is 13.2 Å². The summed E-state index contributed by atoms with van der Waals surface area (Å²) in [6.07, 6.45) is 0. The van der Waals surface area contributed by atoms with Gasteiger partial charge < -0.3 is 9.64 Å². The number of sulfonamides is 1. The van der Waals surface area contributed by atoms with E-state index >= 15 is 0 Å². The van der Waals surface area contributed by atoms with Gasteiger partial charge >= 0.3 is 0 Å². The van der Waals surface area contributed by atoms with Gasteiger partial charge in [0.1, 0.15) is 9.96 Å². The molecule has 0 unspecified atom stereocenters. The van der Waals surface area contributed by atoms with Crippen molar-refractivity contribution in [1.82, 2.24) is 9.21 Å². The Morgan fingerprint density at radius 3 is 2.30 bits per heavy atom. The third kappa shape index (κ3) is 4.34. The normalized spacial score (nSPS) is 15.7. The number of aryl methyl sites for hydroxylation is 3. The highest BCUT2D eigenvalue weighted by Crippen LogP contribution is 2.25. The summed E-state index contributed by atoms with van der Waals surface area (Å²) in [5.74, 6) is 0.621. The second kappa shape index (κ2) is 8.00. The number of nitrogens with zero attached hydrogens (tertiary/aromatic N) is 2. The average molecular weight is 409 g/mol. The van der Waals surface area contributed by atoms with Gasteiger partial charge in [0.25, 0.3) is 15.9 Å². The van der Waals surface area contributed by atoms with E-state index in [2.05, 4.69) is 0 Å². The molecule has 0 N–H and O–H groups in total. The number of carbonyl (C=O) groups excluding carboxylic acids is 1. The maximum atomic E-state index is 12.5. The molecule has 1 saturated heterocycles. The van der Waals surface area contributed by atoms with E-state index in [1.54, 1.807) is 22.4 Å². The quantitative estimate of drug-likeness (QED) is 0.763. The molecule has 2 aromatic rings. The summed E-state index contributed by atoms with van der Waals surface area (Å²) in [5.41, 5.74) is 3.17. The van der Waals surface area contributed by atoms with Crippen LogP contribution < -0.4 is 4.74 Å². The van der Waals surface area contributed by atoms with Crippen molar-refractivity contribution in [2.24, 2.45) is 0 Å². The molecule has 2 heterocycles. The van der Waals surface area contributed by atoms with E-state index in [1.165, 1.54) is 15.6 Å². The Balaban J connectivity index is 1.56. The van der Waals surface area contributed by atoms with Crippen LogP contribution in [0.4, 0.5) is 0 Å². The number of hydrogen-bond acceptors (Lipinski definition) is 5. The molecule has 1 aromatic heterocycles. The summed E-state index contributed by atoms with van der Waals surface area (Å²) in [7, 11) is -3.46. The summed E-state index contributed by atoms with van der Waals surface area (Å²) in [4.78, 5) is 14.1. The molecule has 1 aromatic carbocycles. The van der Waals surface area contributed by atoms with Crippen molar-refractivity contribution in [2.45, 2.75) is 25.0 Å². The van der Waals surface area contributed by atoms with Crippen LogP contribution in [-0.4, -0.2) is 56.3 Å². The van der Waals surface area contributed by atoms with Gasteiger partial charge in [-0.3, -0.25) is 4.79 Å². The van der Waals surface area contributed by atoms with Crippen LogP contribution in [0, 0.1) is 20.8 Å². The first kappa shape index (κ1) is 19.9. The van der Waals surface area contributed by atoms with Gasteiger partial charge in [0.2, 0.25) is 0 Å². The minimum absolute atomic E-state index is 0.0393. The minimum Gasteiger partial charge on any atom is -0.483 e. The highest BCUT2D eigenvalue weighted by molar-refractivity contribution is 7.91. The Labute approximate surface area is 164 Å². The summed E-state index contributed by atoms with van der Waals surface area (Å²) >= 11 is 1.21. The molecule has 8 heteroatoms. The molecule has 0 spiro atoms.